The van der Waals surface area contributed by atoms with E-state index in [9.17, 15) is 0 Å². The zero-order valence-corrected chi connectivity index (χ0v) is 62.3. The molecule has 0 saturated heterocycles. The van der Waals surface area contributed by atoms with E-state index in [0.717, 1.165) is 137 Å². The molecule has 16 aromatic carbocycles. The van der Waals surface area contributed by atoms with E-state index >= 15 is 0 Å². The van der Waals surface area contributed by atoms with Crippen LogP contribution in [0.25, 0.3) is 241 Å². The van der Waals surface area contributed by atoms with Crippen LogP contribution in [-0.4, -0.2) is 39.0 Å². The van der Waals surface area contributed by atoms with Gasteiger partial charge in [-0.05, 0) is 143 Å². The molecule has 0 spiro atoms. The van der Waals surface area contributed by atoms with E-state index in [0.29, 0.717) is 34.9 Å². The highest BCUT2D eigenvalue weighted by atomic mass is 32.1. The van der Waals surface area contributed by atoms with Gasteiger partial charge < -0.3 is 18.0 Å². The second-order valence-corrected chi connectivity index (χ2v) is 31.3. The molecule has 8 heterocycles. The number of furan rings is 2. The van der Waals surface area contributed by atoms with E-state index < -0.39 is 0 Å². The maximum Gasteiger partial charge on any atom is 0.167 e. The van der Waals surface area contributed by atoms with E-state index in [2.05, 4.69) is 294 Å². The molecule has 0 atom stereocenters. The van der Waals surface area contributed by atoms with Crippen LogP contribution in [0.3, 0.4) is 0 Å². The number of aromatic nitrogens is 8. The SMILES string of the molecule is c1ccc(-c2nc(-c3ccc4c(c3)sc3ccc(-c5cc(-c6ccc(-c7nc(-c8ccc9c(c8)sc8cccc(-c%10cccc%11c%10c%10ccccc%10n%11-c%10ccccc%10)c89)nc(-c8cccc9c8oc8ccccc89)n7)cc6)cc6c5c5ccccc5n6-c5ccccc5)cc34)nc(-c3cccc4c3oc3ccccc34)n2)cc1. The zero-order chi connectivity index (χ0) is 74.6. The molecule has 0 aliphatic carbocycles. The molecule has 0 unspecified atom stereocenters. The lowest BCUT2D eigenvalue weighted by molar-refractivity contribution is 0.669. The Morgan fingerprint density at radius 2 is 0.623 bits per heavy atom. The van der Waals surface area contributed by atoms with Gasteiger partial charge in [0.2, 0.25) is 0 Å². The molecule has 0 amide bonds. The van der Waals surface area contributed by atoms with Crippen LogP contribution in [-0.2, 0) is 0 Å². The molecular weight excluding hydrogens is 1430 g/mol. The summed E-state index contributed by atoms with van der Waals surface area (Å²) in [6, 6.07) is 125. The smallest absolute Gasteiger partial charge is 0.167 e. The summed E-state index contributed by atoms with van der Waals surface area (Å²) in [4.78, 5) is 31.9. The lowest BCUT2D eigenvalue weighted by atomic mass is 9.93. The molecular formula is C102H58N8O2S2. The van der Waals surface area contributed by atoms with Crippen molar-refractivity contribution in [2.75, 3.05) is 0 Å². The Bertz CT molecular complexity index is 8120. The van der Waals surface area contributed by atoms with Gasteiger partial charge in [-0.25, -0.2) is 29.9 Å². The number of thiophene rings is 2. The van der Waals surface area contributed by atoms with Crippen molar-refractivity contribution in [2.24, 2.45) is 0 Å². The number of hydrogen-bond donors (Lipinski definition) is 0. The average Bonchev–Trinajstić information content (AvgIpc) is 1.58. The van der Waals surface area contributed by atoms with Gasteiger partial charge in [-0.1, -0.05) is 243 Å². The number of benzene rings is 16. The minimum atomic E-state index is 0.521. The van der Waals surface area contributed by atoms with E-state index in [1.165, 1.54) is 69.3 Å². The minimum absolute atomic E-state index is 0.521. The summed E-state index contributed by atoms with van der Waals surface area (Å²) >= 11 is 3.57. The van der Waals surface area contributed by atoms with Crippen LogP contribution in [0.2, 0.25) is 0 Å². The molecule has 10 nitrogen and oxygen atoms in total. The molecule has 24 aromatic rings. The van der Waals surface area contributed by atoms with Crippen LogP contribution in [0.4, 0.5) is 0 Å². The number of nitrogens with zero attached hydrogens (tertiary/aromatic N) is 8. The fraction of sp³-hybridized carbons (Fsp3) is 0. The first-order valence-corrected chi connectivity index (χ1v) is 39.7. The van der Waals surface area contributed by atoms with Crippen molar-refractivity contribution in [2.45, 2.75) is 0 Å². The van der Waals surface area contributed by atoms with Crippen molar-refractivity contribution in [3.05, 3.63) is 352 Å². The van der Waals surface area contributed by atoms with Gasteiger partial charge in [-0.15, -0.1) is 22.7 Å². The monoisotopic (exact) mass is 1490 g/mol. The van der Waals surface area contributed by atoms with Crippen molar-refractivity contribution in [1.82, 2.24) is 39.0 Å². The highest BCUT2D eigenvalue weighted by Gasteiger charge is 2.26. The molecule has 12 heteroatoms. The van der Waals surface area contributed by atoms with Crippen LogP contribution >= 0.6 is 22.7 Å². The Morgan fingerprint density at radius 3 is 1.24 bits per heavy atom. The van der Waals surface area contributed by atoms with Crippen molar-refractivity contribution in [3.63, 3.8) is 0 Å². The van der Waals surface area contributed by atoms with Crippen LogP contribution in [0.5, 0.6) is 0 Å². The standard InChI is InChI=1S/C102H58N8O2S2/c1-4-22-60(23-5-1)97-103-99(107-101(105-97)78-36-18-34-73-68-28-12-16-41-86(68)111-95(73)78)63-48-51-70-81-54-62(50-53-88(81)113-90(70)57-63)80-55-65(56-85-93(80)76-31-11-15-39-83(76)110(85)67-26-8-3-9-27-67)59-44-46-61(47-45-59)98-104-100(108-102(106-98)79-37-19-35-74-69-29-13-17-42-87(69)112-96(74)79)64-49-52-77-91(58-64)114-89-43-21-33-72(94(77)89)71-32-20-40-84-92(71)75-30-10-14-38-82(75)109(84)66-24-6-2-7-25-66/h1-58H. The first kappa shape index (κ1) is 64.0. The fourth-order valence-corrected chi connectivity index (χ4v) is 19.8. The zero-order valence-electron chi connectivity index (χ0n) is 60.7. The third-order valence-corrected chi connectivity index (χ3v) is 24.9. The summed E-state index contributed by atoms with van der Waals surface area (Å²) in [6.45, 7) is 0. The number of rotatable bonds is 11. The Morgan fingerprint density at radius 1 is 0.202 bits per heavy atom. The number of hydrogen-bond acceptors (Lipinski definition) is 10. The van der Waals surface area contributed by atoms with Crippen molar-refractivity contribution < 1.29 is 8.83 Å². The van der Waals surface area contributed by atoms with E-state index in [1.54, 1.807) is 22.7 Å². The van der Waals surface area contributed by atoms with E-state index in [4.69, 9.17) is 38.7 Å². The third-order valence-electron chi connectivity index (χ3n) is 22.7. The summed E-state index contributed by atoms with van der Waals surface area (Å²) in [7, 11) is 0. The molecule has 24 rings (SSSR count). The maximum absolute atomic E-state index is 6.73. The molecule has 0 N–H and O–H groups in total. The van der Waals surface area contributed by atoms with Gasteiger partial charge in [-0.2, -0.15) is 0 Å². The molecule has 0 fully saturated rings. The Labute approximate surface area is 658 Å². The Balaban J connectivity index is 0.634. The largest absolute Gasteiger partial charge is 0.455 e. The third kappa shape index (κ3) is 10.1. The van der Waals surface area contributed by atoms with Crippen molar-refractivity contribution in [3.8, 4) is 113 Å². The van der Waals surface area contributed by atoms with Gasteiger partial charge in [0, 0.05) is 117 Å². The first-order valence-electron chi connectivity index (χ1n) is 38.1. The lowest BCUT2D eigenvalue weighted by Crippen LogP contribution is -2.00. The fourth-order valence-electron chi connectivity index (χ4n) is 17.5. The summed E-state index contributed by atoms with van der Waals surface area (Å²) < 4.78 is 22.7. The van der Waals surface area contributed by atoms with Gasteiger partial charge in [0.25, 0.3) is 0 Å². The molecule has 8 aromatic heterocycles. The second kappa shape index (κ2) is 25.4. The highest BCUT2D eigenvalue weighted by molar-refractivity contribution is 7.26. The Kier molecular flexibility index (Phi) is 14.3. The topological polar surface area (TPSA) is 113 Å². The van der Waals surface area contributed by atoms with Crippen LogP contribution in [0.15, 0.2) is 361 Å². The molecule has 0 radical (unpaired) electrons. The molecule has 0 aliphatic rings. The van der Waals surface area contributed by atoms with Crippen molar-refractivity contribution in [1.29, 1.82) is 0 Å². The minimum Gasteiger partial charge on any atom is -0.455 e. The molecule has 114 heavy (non-hydrogen) atoms. The lowest BCUT2D eigenvalue weighted by Gasteiger charge is -2.13. The number of fused-ring (bicyclic) bond motifs is 18. The quantitative estimate of drug-likeness (QED) is 0.126. The highest BCUT2D eigenvalue weighted by Crippen LogP contribution is 2.49. The Hall–Kier alpha value is -14.8. The van der Waals surface area contributed by atoms with Gasteiger partial charge in [-0.3, -0.25) is 0 Å². The van der Waals surface area contributed by atoms with Gasteiger partial charge >= 0.3 is 0 Å². The first-order chi connectivity index (χ1) is 56.5. The van der Waals surface area contributed by atoms with Crippen LogP contribution in [0, 0.1) is 0 Å². The summed E-state index contributed by atoms with van der Waals surface area (Å²) in [5.41, 5.74) is 21.7. The van der Waals surface area contributed by atoms with E-state index in [1.807, 2.05) is 66.7 Å². The molecule has 530 valence electrons. The molecule has 0 aliphatic heterocycles. The van der Waals surface area contributed by atoms with Gasteiger partial charge in [0.1, 0.15) is 22.3 Å². The molecule has 0 saturated carbocycles. The van der Waals surface area contributed by atoms with Gasteiger partial charge in [0.05, 0.1) is 33.2 Å². The maximum atomic E-state index is 6.73. The number of para-hydroxylation sites is 8. The average molecular weight is 1490 g/mol. The summed E-state index contributed by atoms with van der Waals surface area (Å²) in [6.07, 6.45) is 0. The summed E-state index contributed by atoms with van der Waals surface area (Å²) in [5, 5.41) is 13.6. The molecule has 0 bridgehead atoms. The predicted molar refractivity (Wildman–Crippen MR) is 471 cm³/mol. The van der Waals surface area contributed by atoms with Gasteiger partial charge in [0.15, 0.2) is 34.9 Å². The summed E-state index contributed by atoms with van der Waals surface area (Å²) in [5.74, 6) is 3.35. The second-order valence-electron chi connectivity index (χ2n) is 29.1. The normalized spacial score (nSPS) is 12.0. The predicted octanol–water partition coefficient (Wildman–Crippen LogP) is 27.8. The van der Waals surface area contributed by atoms with Crippen LogP contribution < -0.4 is 0 Å². The van der Waals surface area contributed by atoms with Crippen LogP contribution in [0.1, 0.15) is 0 Å². The van der Waals surface area contributed by atoms with Crippen molar-refractivity contribution >= 4 is 151 Å². The van der Waals surface area contributed by atoms with E-state index in [-0.39, 0.29) is 0 Å².